The molecule has 1 aliphatic heterocycles. The van der Waals surface area contributed by atoms with E-state index in [2.05, 4.69) is 20.4 Å². The standard InChI is InChI=1S/C22H24ClFN4O4/c1-11(2)25-20-7-13(6-12(3)26-20)22-27-21(28-32-22)14-8-16(24)18(9-15(14)23)31-10-19-17(29)4-5-30-19/h6-9,11,17,19,29H,4-5,10H2,1-3H3,(H,25,26)/t17-,19+/m0/s1. The summed E-state index contributed by atoms with van der Waals surface area (Å²) in [4.78, 5) is 8.82. The summed E-state index contributed by atoms with van der Waals surface area (Å²) >= 11 is 6.35. The fraction of sp³-hybridized carbons (Fsp3) is 0.409. The molecule has 0 unspecified atom stereocenters. The summed E-state index contributed by atoms with van der Waals surface area (Å²) in [6.45, 7) is 6.37. The molecule has 0 aliphatic carbocycles. The van der Waals surface area contributed by atoms with Gasteiger partial charge in [-0.05, 0) is 45.4 Å². The molecule has 1 saturated heterocycles. The number of nitrogens with zero attached hydrogens (tertiary/aromatic N) is 3. The monoisotopic (exact) mass is 462 g/mol. The van der Waals surface area contributed by atoms with Crippen molar-refractivity contribution in [1.82, 2.24) is 15.1 Å². The maximum atomic E-state index is 14.7. The Labute approximate surface area is 189 Å². The van der Waals surface area contributed by atoms with E-state index < -0.39 is 18.0 Å². The molecule has 0 spiro atoms. The zero-order valence-electron chi connectivity index (χ0n) is 17.9. The molecule has 3 aromatic rings. The van der Waals surface area contributed by atoms with Crippen molar-refractivity contribution in [3.05, 3.63) is 40.8 Å². The van der Waals surface area contributed by atoms with Gasteiger partial charge in [0.05, 0.1) is 11.1 Å². The number of ether oxygens (including phenoxy) is 2. The maximum absolute atomic E-state index is 14.7. The van der Waals surface area contributed by atoms with Crippen molar-refractivity contribution in [3.8, 4) is 28.6 Å². The molecule has 1 aliphatic rings. The second-order valence-corrected chi connectivity index (χ2v) is 8.35. The minimum absolute atomic E-state index is 0.0221. The van der Waals surface area contributed by atoms with Crippen LogP contribution in [0.2, 0.25) is 5.02 Å². The molecule has 1 aromatic carbocycles. The van der Waals surface area contributed by atoms with E-state index in [4.69, 9.17) is 25.6 Å². The Balaban J connectivity index is 1.55. The summed E-state index contributed by atoms with van der Waals surface area (Å²) in [5.41, 5.74) is 1.74. The van der Waals surface area contributed by atoms with Gasteiger partial charge in [0.25, 0.3) is 5.89 Å². The van der Waals surface area contributed by atoms with Gasteiger partial charge in [0.15, 0.2) is 11.6 Å². The second-order valence-electron chi connectivity index (χ2n) is 7.94. The summed E-state index contributed by atoms with van der Waals surface area (Å²) in [7, 11) is 0. The van der Waals surface area contributed by atoms with Crippen LogP contribution in [-0.4, -0.2) is 51.7 Å². The van der Waals surface area contributed by atoms with Crippen molar-refractivity contribution < 1.29 is 23.5 Å². The van der Waals surface area contributed by atoms with Crippen molar-refractivity contribution >= 4 is 17.4 Å². The van der Waals surface area contributed by atoms with Crippen LogP contribution < -0.4 is 10.1 Å². The van der Waals surface area contributed by atoms with Crippen LogP contribution in [0.3, 0.4) is 0 Å². The minimum atomic E-state index is -0.633. The predicted octanol–water partition coefficient (Wildman–Crippen LogP) is 4.25. The van der Waals surface area contributed by atoms with Crippen LogP contribution in [0.4, 0.5) is 10.2 Å². The highest BCUT2D eigenvalue weighted by Crippen LogP contribution is 2.34. The van der Waals surface area contributed by atoms with Crippen molar-refractivity contribution in [2.75, 3.05) is 18.5 Å². The SMILES string of the molecule is Cc1cc(-c2nc(-c3cc(F)c(OC[C@H]4OCC[C@@H]4O)cc3Cl)no2)cc(NC(C)C)n1. The van der Waals surface area contributed by atoms with Gasteiger partial charge < -0.3 is 24.4 Å². The average Bonchev–Trinajstić information content (AvgIpc) is 3.36. The van der Waals surface area contributed by atoms with Gasteiger partial charge in [-0.15, -0.1) is 0 Å². The molecule has 10 heteroatoms. The lowest BCUT2D eigenvalue weighted by Crippen LogP contribution is -2.28. The molecule has 2 N–H and O–H groups in total. The van der Waals surface area contributed by atoms with Gasteiger partial charge in [-0.25, -0.2) is 9.37 Å². The number of benzene rings is 1. The summed E-state index contributed by atoms with van der Waals surface area (Å²) in [5.74, 6) is 0.432. The Morgan fingerprint density at radius 3 is 2.81 bits per heavy atom. The van der Waals surface area contributed by atoms with E-state index in [0.29, 0.717) is 24.4 Å². The molecular weight excluding hydrogens is 439 g/mol. The fourth-order valence-electron chi connectivity index (χ4n) is 3.39. The van der Waals surface area contributed by atoms with Gasteiger partial charge in [0, 0.05) is 35.5 Å². The largest absolute Gasteiger partial charge is 0.488 e. The first-order valence-electron chi connectivity index (χ1n) is 10.3. The van der Waals surface area contributed by atoms with E-state index in [1.807, 2.05) is 32.9 Å². The van der Waals surface area contributed by atoms with Crippen LogP contribution in [0.1, 0.15) is 26.0 Å². The number of halogens is 2. The van der Waals surface area contributed by atoms with Gasteiger partial charge in [0.1, 0.15) is 18.5 Å². The molecular formula is C22H24ClFN4O4. The molecule has 0 amide bonds. The second kappa shape index (κ2) is 9.40. The summed E-state index contributed by atoms with van der Waals surface area (Å²) in [6, 6.07) is 6.39. The lowest BCUT2D eigenvalue weighted by Gasteiger charge is -2.15. The predicted molar refractivity (Wildman–Crippen MR) is 117 cm³/mol. The highest BCUT2D eigenvalue weighted by Gasteiger charge is 2.27. The zero-order chi connectivity index (χ0) is 22.8. The lowest BCUT2D eigenvalue weighted by molar-refractivity contribution is 0.0101. The molecule has 3 heterocycles. The maximum Gasteiger partial charge on any atom is 0.258 e. The van der Waals surface area contributed by atoms with Gasteiger partial charge in [-0.2, -0.15) is 4.98 Å². The van der Waals surface area contributed by atoms with Crippen molar-refractivity contribution in [2.24, 2.45) is 0 Å². The number of anilines is 1. The number of nitrogens with one attached hydrogen (secondary N) is 1. The summed E-state index contributed by atoms with van der Waals surface area (Å²) < 4.78 is 30.9. The van der Waals surface area contributed by atoms with Crippen molar-refractivity contribution in [3.63, 3.8) is 0 Å². The average molecular weight is 463 g/mol. The Kier molecular flexibility index (Phi) is 6.59. The number of hydrogen-bond donors (Lipinski definition) is 2. The van der Waals surface area contributed by atoms with E-state index >= 15 is 0 Å². The number of rotatable bonds is 7. The van der Waals surface area contributed by atoms with Gasteiger partial charge in [-0.1, -0.05) is 16.8 Å². The molecule has 0 saturated carbocycles. The molecule has 32 heavy (non-hydrogen) atoms. The van der Waals surface area contributed by atoms with Gasteiger partial charge in [0.2, 0.25) is 5.82 Å². The normalized spacial score (nSPS) is 18.3. The smallest absolute Gasteiger partial charge is 0.258 e. The first-order valence-corrected chi connectivity index (χ1v) is 10.7. The van der Waals surface area contributed by atoms with Gasteiger partial charge in [-0.3, -0.25) is 0 Å². The Bertz CT molecular complexity index is 1110. The zero-order valence-corrected chi connectivity index (χ0v) is 18.7. The third-order valence-corrected chi connectivity index (χ3v) is 5.22. The van der Waals surface area contributed by atoms with Crippen LogP contribution in [0.15, 0.2) is 28.8 Å². The van der Waals surface area contributed by atoms with Crippen LogP contribution >= 0.6 is 11.6 Å². The van der Waals surface area contributed by atoms with E-state index in [1.165, 1.54) is 12.1 Å². The molecule has 1 fully saturated rings. The molecule has 0 bridgehead atoms. The van der Waals surface area contributed by atoms with Crippen molar-refractivity contribution in [2.45, 2.75) is 45.4 Å². The molecule has 8 nitrogen and oxygen atoms in total. The van der Waals surface area contributed by atoms with Crippen LogP contribution in [-0.2, 0) is 4.74 Å². The minimum Gasteiger partial charge on any atom is -0.488 e. The van der Waals surface area contributed by atoms with Crippen molar-refractivity contribution in [1.29, 1.82) is 0 Å². The lowest BCUT2D eigenvalue weighted by atomic mass is 10.2. The number of hydrogen-bond acceptors (Lipinski definition) is 8. The molecule has 4 rings (SSSR count). The third kappa shape index (κ3) is 5.01. The quantitative estimate of drug-likeness (QED) is 0.537. The third-order valence-electron chi connectivity index (χ3n) is 4.90. The Morgan fingerprint density at radius 1 is 1.28 bits per heavy atom. The first-order chi connectivity index (χ1) is 15.3. The first kappa shape index (κ1) is 22.4. The molecule has 2 atom stereocenters. The number of aryl methyl sites for hydroxylation is 1. The highest BCUT2D eigenvalue weighted by atomic mass is 35.5. The number of pyridine rings is 1. The molecule has 170 valence electrons. The Morgan fingerprint density at radius 2 is 2.09 bits per heavy atom. The molecule has 0 radical (unpaired) electrons. The fourth-order valence-corrected chi connectivity index (χ4v) is 3.63. The van der Waals surface area contributed by atoms with E-state index in [0.717, 1.165) is 5.69 Å². The van der Waals surface area contributed by atoms with E-state index in [1.54, 1.807) is 0 Å². The number of aromatic nitrogens is 3. The van der Waals surface area contributed by atoms with E-state index in [-0.39, 0.29) is 40.7 Å². The molecule has 2 aromatic heterocycles. The Hall–Kier alpha value is -2.75. The van der Waals surface area contributed by atoms with Crippen LogP contribution in [0.25, 0.3) is 22.8 Å². The summed E-state index contributed by atoms with van der Waals surface area (Å²) in [5, 5.41) is 17.2. The summed E-state index contributed by atoms with van der Waals surface area (Å²) in [6.07, 6.45) is -0.590. The van der Waals surface area contributed by atoms with Crippen LogP contribution in [0, 0.1) is 12.7 Å². The van der Waals surface area contributed by atoms with Gasteiger partial charge >= 0.3 is 0 Å². The highest BCUT2D eigenvalue weighted by molar-refractivity contribution is 6.33. The number of aliphatic hydroxyl groups excluding tert-OH is 1. The topological polar surface area (TPSA) is 103 Å². The van der Waals surface area contributed by atoms with Crippen LogP contribution in [0.5, 0.6) is 5.75 Å². The van der Waals surface area contributed by atoms with E-state index in [9.17, 15) is 9.50 Å². The number of aliphatic hydroxyl groups is 1.